The van der Waals surface area contributed by atoms with E-state index < -0.39 is 11.2 Å². The van der Waals surface area contributed by atoms with Gasteiger partial charge in [0.05, 0.1) is 6.54 Å². The lowest BCUT2D eigenvalue weighted by Crippen LogP contribution is -2.43. The first-order valence-corrected chi connectivity index (χ1v) is 6.16. The first kappa shape index (κ1) is 15.2. The summed E-state index contributed by atoms with van der Waals surface area (Å²) in [5, 5.41) is 0. The summed E-state index contributed by atoms with van der Waals surface area (Å²) in [5.41, 5.74) is 4.43. The molecule has 0 unspecified atom stereocenters. The van der Waals surface area contributed by atoms with Crippen molar-refractivity contribution in [2.24, 2.45) is 14.1 Å². The molecule has 7 heteroatoms. The van der Waals surface area contributed by atoms with Crippen LogP contribution in [0.25, 0.3) is 0 Å². The van der Waals surface area contributed by atoms with E-state index in [4.69, 9.17) is 5.73 Å². The van der Waals surface area contributed by atoms with Gasteiger partial charge < -0.3 is 5.73 Å². The van der Waals surface area contributed by atoms with Crippen LogP contribution in [-0.4, -0.2) is 39.5 Å². The molecular formula is C12H20N4O3. The minimum atomic E-state index is -0.641. The number of aromatic nitrogens is 2. The van der Waals surface area contributed by atoms with Crippen molar-refractivity contribution in [3.63, 3.8) is 0 Å². The van der Waals surface area contributed by atoms with E-state index in [1.165, 1.54) is 14.1 Å². The van der Waals surface area contributed by atoms with Crippen LogP contribution in [0.1, 0.15) is 24.2 Å². The molecule has 1 aromatic rings. The van der Waals surface area contributed by atoms with Gasteiger partial charge in [-0.25, -0.2) is 4.79 Å². The number of nitrogen functional groups attached to an aromatic ring is 1. The molecule has 1 heterocycles. The van der Waals surface area contributed by atoms with Gasteiger partial charge in [0.25, 0.3) is 5.56 Å². The molecule has 19 heavy (non-hydrogen) atoms. The average molecular weight is 268 g/mol. The number of anilines is 1. The highest BCUT2D eigenvalue weighted by atomic mass is 16.2. The van der Waals surface area contributed by atoms with Crippen LogP contribution in [-0.2, 0) is 14.1 Å². The SMILES string of the molecule is CCN(CC)CC(=O)c1c(N)n(C)c(=O)n(C)c1=O. The number of hydrogen-bond donors (Lipinski definition) is 1. The fourth-order valence-electron chi connectivity index (χ4n) is 1.85. The summed E-state index contributed by atoms with van der Waals surface area (Å²) in [6, 6.07) is 0. The quantitative estimate of drug-likeness (QED) is 0.705. The minimum absolute atomic E-state index is 0.0785. The van der Waals surface area contributed by atoms with E-state index in [2.05, 4.69) is 0 Å². The highest BCUT2D eigenvalue weighted by Gasteiger charge is 2.21. The number of nitrogens with zero attached hydrogens (tertiary/aromatic N) is 3. The third-order valence-corrected chi connectivity index (χ3v) is 3.25. The van der Waals surface area contributed by atoms with Gasteiger partial charge in [0.2, 0.25) is 0 Å². The lowest BCUT2D eigenvalue weighted by molar-refractivity contribution is 0.0935. The van der Waals surface area contributed by atoms with Gasteiger partial charge in [-0.05, 0) is 13.1 Å². The first-order chi connectivity index (χ1) is 8.84. The zero-order valence-electron chi connectivity index (χ0n) is 11.8. The molecule has 0 aromatic carbocycles. The highest BCUT2D eigenvalue weighted by molar-refractivity contribution is 6.01. The molecule has 0 atom stereocenters. The van der Waals surface area contributed by atoms with Crippen molar-refractivity contribution in [1.29, 1.82) is 0 Å². The summed E-state index contributed by atoms with van der Waals surface area (Å²) in [6.45, 7) is 5.38. The summed E-state index contributed by atoms with van der Waals surface area (Å²) < 4.78 is 2.00. The zero-order chi connectivity index (χ0) is 14.7. The molecule has 0 spiro atoms. The van der Waals surface area contributed by atoms with Crippen LogP contribution < -0.4 is 17.0 Å². The molecule has 0 bridgehead atoms. The molecule has 0 aliphatic heterocycles. The Kier molecular flexibility index (Phi) is 4.66. The summed E-state index contributed by atoms with van der Waals surface area (Å²) >= 11 is 0. The Hall–Kier alpha value is -1.89. The maximum absolute atomic E-state index is 12.2. The molecule has 7 nitrogen and oxygen atoms in total. The van der Waals surface area contributed by atoms with Crippen LogP contribution in [0.4, 0.5) is 5.82 Å². The molecule has 2 N–H and O–H groups in total. The van der Waals surface area contributed by atoms with Crippen LogP contribution in [0.15, 0.2) is 9.59 Å². The van der Waals surface area contributed by atoms with Crippen molar-refractivity contribution >= 4 is 11.6 Å². The van der Waals surface area contributed by atoms with E-state index in [9.17, 15) is 14.4 Å². The third kappa shape index (κ3) is 2.76. The maximum atomic E-state index is 12.2. The smallest absolute Gasteiger partial charge is 0.332 e. The maximum Gasteiger partial charge on any atom is 0.332 e. The van der Waals surface area contributed by atoms with Crippen LogP contribution in [0, 0.1) is 0 Å². The number of ketones is 1. The van der Waals surface area contributed by atoms with Crippen molar-refractivity contribution in [2.45, 2.75) is 13.8 Å². The lowest BCUT2D eigenvalue weighted by atomic mass is 10.2. The van der Waals surface area contributed by atoms with Crippen molar-refractivity contribution in [3.05, 3.63) is 26.4 Å². The Morgan fingerprint density at radius 2 is 1.68 bits per heavy atom. The fraction of sp³-hybridized carbons (Fsp3) is 0.583. The Bertz CT molecular complexity index is 596. The van der Waals surface area contributed by atoms with Crippen LogP contribution >= 0.6 is 0 Å². The Morgan fingerprint density at radius 1 is 1.16 bits per heavy atom. The van der Waals surface area contributed by atoms with Gasteiger partial charge in [0.1, 0.15) is 11.4 Å². The van der Waals surface area contributed by atoms with E-state index >= 15 is 0 Å². The second kappa shape index (κ2) is 5.83. The molecule has 0 amide bonds. The molecule has 0 radical (unpaired) electrons. The second-order valence-corrected chi connectivity index (χ2v) is 4.35. The molecular weight excluding hydrogens is 248 g/mol. The van der Waals surface area contributed by atoms with E-state index in [-0.39, 0.29) is 23.7 Å². The van der Waals surface area contributed by atoms with E-state index in [1.54, 1.807) is 0 Å². The van der Waals surface area contributed by atoms with Crippen molar-refractivity contribution in [3.8, 4) is 0 Å². The molecule has 0 aliphatic carbocycles. The van der Waals surface area contributed by atoms with E-state index in [0.29, 0.717) is 13.1 Å². The van der Waals surface area contributed by atoms with Gasteiger partial charge in [-0.15, -0.1) is 0 Å². The summed E-state index contributed by atoms with van der Waals surface area (Å²) in [7, 11) is 2.77. The largest absolute Gasteiger partial charge is 0.384 e. The van der Waals surface area contributed by atoms with Gasteiger partial charge in [-0.2, -0.15) is 0 Å². The Balaban J connectivity index is 3.33. The van der Waals surface area contributed by atoms with Gasteiger partial charge >= 0.3 is 5.69 Å². The number of likely N-dealkylation sites (N-methyl/N-ethyl adjacent to an activating group) is 1. The van der Waals surface area contributed by atoms with Crippen LogP contribution in [0.5, 0.6) is 0 Å². The Morgan fingerprint density at radius 3 is 2.16 bits per heavy atom. The lowest BCUT2D eigenvalue weighted by Gasteiger charge is -2.18. The number of carbonyl (C=O) groups excluding carboxylic acids is 1. The number of nitrogens with two attached hydrogens (primary N) is 1. The predicted molar refractivity (Wildman–Crippen MR) is 73.5 cm³/mol. The molecule has 0 saturated heterocycles. The average Bonchev–Trinajstić information content (AvgIpc) is 2.40. The summed E-state index contributed by atoms with van der Waals surface area (Å²) in [4.78, 5) is 37.7. The monoisotopic (exact) mass is 268 g/mol. The van der Waals surface area contributed by atoms with E-state index in [0.717, 1.165) is 9.13 Å². The second-order valence-electron chi connectivity index (χ2n) is 4.35. The number of carbonyl (C=O) groups is 1. The van der Waals surface area contributed by atoms with E-state index in [1.807, 2.05) is 18.7 Å². The molecule has 0 saturated carbocycles. The van der Waals surface area contributed by atoms with Crippen LogP contribution in [0.3, 0.4) is 0 Å². The Labute approximate surface area is 111 Å². The molecule has 0 fully saturated rings. The predicted octanol–water partition coefficient (Wildman–Crippen LogP) is -0.809. The van der Waals surface area contributed by atoms with Gasteiger partial charge in [-0.3, -0.25) is 23.6 Å². The van der Waals surface area contributed by atoms with Crippen molar-refractivity contribution in [2.75, 3.05) is 25.4 Å². The highest BCUT2D eigenvalue weighted by Crippen LogP contribution is 2.05. The normalized spacial score (nSPS) is 11.0. The summed E-state index contributed by atoms with van der Waals surface area (Å²) in [6.07, 6.45) is 0. The van der Waals surface area contributed by atoms with Crippen LogP contribution in [0.2, 0.25) is 0 Å². The summed E-state index contributed by atoms with van der Waals surface area (Å²) in [5.74, 6) is -0.442. The third-order valence-electron chi connectivity index (χ3n) is 3.25. The molecule has 106 valence electrons. The van der Waals surface area contributed by atoms with Gasteiger partial charge in [-0.1, -0.05) is 13.8 Å². The number of hydrogen-bond acceptors (Lipinski definition) is 5. The molecule has 1 aromatic heterocycles. The topological polar surface area (TPSA) is 90.3 Å². The number of Topliss-reactive ketones (excluding diaryl/α,β-unsaturated/α-hetero) is 1. The fourth-order valence-corrected chi connectivity index (χ4v) is 1.85. The van der Waals surface area contributed by atoms with Gasteiger partial charge in [0.15, 0.2) is 5.78 Å². The minimum Gasteiger partial charge on any atom is -0.384 e. The molecule has 0 aliphatic rings. The van der Waals surface area contributed by atoms with Crippen molar-refractivity contribution in [1.82, 2.24) is 14.0 Å². The van der Waals surface area contributed by atoms with Crippen molar-refractivity contribution < 1.29 is 4.79 Å². The molecule has 1 rings (SSSR count). The first-order valence-electron chi connectivity index (χ1n) is 6.16. The number of rotatable bonds is 5. The standard InChI is InChI=1S/C12H20N4O3/c1-5-16(6-2)7-8(17)9-10(13)14(3)12(19)15(4)11(9)18/h5-7,13H2,1-4H3. The van der Waals surface area contributed by atoms with Gasteiger partial charge in [0, 0.05) is 14.1 Å². The zero-order valence-corrected chi connectivity index (χ0v) is 11.8.